The molecule has 1 heterocycles. The molecule has 0 aliphatic heterocycles. The van der Waals surface area contributed by atoms with Crippen molar-refractivity contribution in [1.29, 1.82) is 0 Å². The first-order valence-corrected chi connectivity index (χ1v) is 7.12. The first kappa shape index (κ1) is 14.4. The first-order valence-electron chi connectivity index (χ1n) is 6.68. The summed E-state index contributed by atoms with van der Waals surface area (Å²) in [5.41, 5.74) is 3.58. The van der Waals surface area contributed by atoms with E-state index >= 15 is 0 Å². The van der Waals surface area contributed by atoms with Crippen LogP contribution < -0.4 is 5.46 Å². The Balaban J connectivity index is 2.55. The molecular formula is C11H17B4N3S. The molecule has 0 radical (unpaired) electrons. The molecule has 0 atom stereocenters. The lowest BCUT2D eigenvalue weighted by Gasteiger charge is -2.15. The van der Waals surface area contributed by atoms with Gasteiger partial charge in [-0.15, -0.1) is 12.6 Å². The van der Waals surface area contributed by atoms with Gasteiger partial charge in [-0.05, 0) is 37.3 Å². The fourth-order valence-electron chi connectivity index (χ4n) is 2.30. The van der Waals surface area contributed by atoms with E-state index in [1.54, 1.807) is 0 Å². The number of thiol groups is 1. The van der Waals surface area contributed by atoms with Crippen molar-refractivity contribution < 1.29 is 0 Å². The first-order chi connectivity index (χ1) is 8.93. The van der Waals surface area contributed by atoms with Gasteiger partial charge in [0.2, 0.25) is 0 Å². The fourth-order valence-corrected chi connectivity index (χ4v) is 2.71. The Hall–Kier alpha value is -1.03. The molecule has 0 aliphatic carbocycles. The van der Waals surface area contributed by atoms with Gasteiger partial charge in [-0.1, -0.05) is 11.5 Å². The van der Waals surface area contributed by atoms with E-state index in [1.165, 1.54) is 11.0 Å². The highest BCUT2D eigenvalue weighted by molar-refractivity contribution is 7.80. The zero-order valence-corrected chi connectivity index (χ0v) is 13.1. The van der Waals surface area contributed by atoms with Crippen LogP contribution in [0.5, 0.6) is 0 Å². The van der Waals surface area contributed by atoms with Gasteiger partial charge in [0.25, 0.3) is 0 Å². The molecule has 0 N–H and O–H groups in total. The van der Waals surface area contributed by atoms with Crippen LogP contribution in [0.15, 0.2) is 17.0 Å². The predicted octanol–water partition coefficient (Wildman–Crippen LogP) is -1.21. The van der Waals surface area contributed by atoms with E-state index in [4.69, 9.17) is 0 Å². The van der Waals surface area contributed by atoms with Crippen LogP contribution in [0.3, 0.4) is 0 Å². The molecule has 8 heteroatoms. The van der Waals surface area contributed by atoms with Crippen molar-refractivity contribution in [1.82, 2.24) is 14.8 Å². The third-order valence-electron chi connectivity index (χ3n) is 3.59. The lowest BCUT2D eigenvalue weighted by Crippen LogP contribution is -2.39. The van der Waals surface area contributed by atoms with E-state index in [0.29, 0.717) is 6.49 Å². The number of hydrogen-bond acceptors (Lipinski definition) is 3. The Labute approximate surface area is 123 Å². The summed E-state index contributed by atoms with van der Waals surface area (Å²) in [6.07, 6.45) is 0. The van der Waals surface area contributed by atoms with E-state index in [2.05, 4.69) is 57.2 Å². The topological polar surface area (TPSA) is 30.7 Å². The molecule has 2 rings (SSSR count). The number of aryl methyl sites for hydroxylation is 3. The standard InChI is InChI=1S/C11H17B4N3S/c1-6-4-9(15(13)14-12)11(19)5-10(6)18-8(3)16-7(2)17-18/h4-5,14,19H,12-13H2,1-3H3. The number of aromatic nitrogens is 3. The quantitative estimate of drug-likeness (QED) is 0.559. The van der Waals surface area contributed by atoms with E-state index in [0.717, 1.165) is 29.3 Å². The molecule has 0 aliphatic rings. The monoisotopic (exact) mass is 267 g/mol. The highest BCUT2D eigenvalue weighted by Gasteiger charge is 2.15. The van der Waals surface area contributed by atoms with Gasteiger partial charge in [0.15, 0.2) is 0 Å². The zero-order valence-electron chi connectivity index (χ0n) is 12.2. The summed E-state index contributed by atoms with van der Waals surface area (Å²) >= 11 is 4.64. The molecule has 1 aromatic heterocycles. The molecule has 0 fully saturated rings. The second-order valence-electron chi connectivity index (χ2n) is 5.12. The minimum atomic E-state index is 0.527. The van der Waals surface area contributed by atoms with Crippen molar-refractivity contribution in [2.24, 2.45) is 0 Å². The van der Waals surface area contributed by atoms with Gasteiger partial charge in [0.05, 0.1) is 34.7 Å². The maximum atomic E-state index is 4.64. The molecule has 0 saturated carbocycles. The van der Waals surface area contributed by atoms with Crippen LogP contribution >= 0.6 is 12.6 Å². The summed E-state index contributed by atoms with van der Waals surface area (Å²) in [7, 11) is 5.55. The molecule has 0 unspecified atom stereocenters. The van der Waals surface area contributed by atoms with Gasteiger partial charge >= 0.3 is 0 Å². The van der Waals surface area contributed by atoms with Gasteiger partial charge in [-0.2, -0.15) is 5.10 Å². The van der Waals surface area contributed by atoms with Crippen LogP contribution in [-0.4, -0.2) is 43.8 Å². The maximum absolute atomic E-state index is 4.64. The SMILES string of the molecule is BBB(B)c1cc(C)c(-n2nc(C)nc2C)cc1S. The van der Waals surface area contributed by atoms with Gasteiger partial charge < -0.3 is 0 Å². The van der Waals surface area contributed by atoms with Crippen molar-refractivity contribution in [3.05, 3.63) is 29.3 Å². The normalized spacial score (nSPS) is 10.5. The van der Waals surface area contributed by atoms with Crippen LogP contribution in [0.25, 0.3) is 5.69 Å². The maximum Gasteiger partial charge on any atom is 0.148 e. The van der Waals surface area contributed by atoms with E-state index in [-0.39, 0.29) is 0 Å². The van der Waals surface area contributed by atoms with Crippen LogP contribution in [-0.2, 0) is 0 Å². The molecule has 19 heavy (non-hydrogen) atoms. The molecule has 0 spiro atoms. The number of hydrogen-bond donors (Lipinski definition) is 1. The van der Waals surface area contributed by atoms with Crippen LogP contribution in [0.1, 0.15) is 17.2 Å². The molecule has 0 saturated heterocycles. The van der Waals surface area contributed by atoms with Crippen molar-refractivity contribution >= 4 is 47.1 Å². The molecule has 3 nitrogen and oxygen atoms in total. The number of nitrogens with zero attached hydrogens (tertiary/aromatic N) is 3. The lowest BCUT2D eigenvalue weighted by atomic mass is 9.03. The summed E-state index contributed by atoms with van der Waals surface area (Å²) in [5.74, 6) is 1.70. The summed E-state index contributed by atoms with van der Waals surface area (Å²) in [4.78, 5) is 5.39. The Morgan fingerprint density at radius 2 is 2.00 bits per heavy atom. The van der Waals surface area contributed by atoms with Crippen molar-refractivity contribution in [2.45, 2.75) is 25.7 Å². The van der Waals surface area contributed by atoms with Crippen molar-refractivity contribution in [3.8, 4) is 5.69 Å². The largest absolute Gasteiger partial charge is 0.218 e. The Kier molecular flexibility index (Phi) is 4.19. The fraction of sp³-hybridized carbons (Fsp3) is 0.273. The highest BCUT2D eigenvalue weighted by atomic mass is 32.1. The molecule has 2 aromatic rings. The number of rotatable bonds is 3. The second-order valence-corrected chi connectivity index (χ2v) is 5.61. The Morgan fingerprint density at radius 3 is 2.53 bits per heavy atom. The average Bonchev–Trinajstić information content (AvgIpc) is 2.69. The molecular weight excluding hydrogens is 249 g/mol. The second kappa shape index (κ2) is 5.53. The Morgan fingerprint density at radius 1 is 1.32 bits per heavy atom. The molecule has 1 aromatic carbocycles. The summed E-state index contributed by atoms with van der Waals surface area (Å²) in [6.45, 7) is 6.53. The smallest absolute Gasteiger partial charge is 0.148 e. The van der Waals surface area contributed by atoms with Crippen LogP contribution in [0.4, 0.5) is 0 Å². The minimum Gasteiger partial charge on any atom is -0.218 e. The third-order valence-corrected chi connectivity index (χ3v) is 3.98. The van der Waals surface area contributed by atoms with Gasteiger partial charge in [0.1, 0.15) is 11.6 Å². The van der Waals surface area contributed by atoms with E-state index < -0.39 is 0 Å². The van der Waals surface area contributed by atoms with Gasteiger partial charge in [-0.3, -0.25) is 0 Å². The van der Waals surface area contributed by atoms with Gasteiger partial charge in [0, 0.05) is 0 Å². The van der Waals surface area contributed by atoms with Crippen LogP contribution in [0, 0.1) is 20.8 Å². The summed E-state index contributed by atoms with van der Waals surface area (Å²) < 4.78 is 1.89. The number of benzene rings is 1. The van der Waals surface area contributed by atoms with Crippen molar-refractivity contribution in [2.75, 3.05) is 0 Å². The minimum absolute atomic E-state index is 0.527. The average molecular weight is 267 g/mol. The van der Waals surface area contributed by atoms with Gasteiger partial charge in [-0.25, -0.2) is 9.67 Å². The molecule has 0 bridgehead atoms. The van der Waals surface area contributed by atoms with E-state index in [1.807, 2.05) is 18.5 Å². The molecule has 94 valence electrons. The Bertz CT molecular complexity index is 614. The summed E-state index contributed by atoms with van der Waals surface area (Å²) in [6, 6.07) is 4.32. The molecule has 0 amide bonds. The zero-order chi connectivity index (χ0) is 14.2. The summed E-state index contributed by atoms with van der Waals surface area (Å²) in [5, 5.41) is 4.45. The lowest BCUT2D eigenvalue weighted by molar-refractivity contribution is 0.823. The predicted molar refractivity (Wildman–Crippen MR) is 92.4 cm³/mol. The van der Waals surface area contributed by atoms with E-state index in [9.17, 15) is 0 Å². The van der Waals surface area contributed by atoms with Crippen LogP contribution in [0.2, 0.25) is 0 Å². The highest BCUT2D eigenvalue weighted by Crippen LogP contribution is 2.18. The third kappa shape index (κ3) is 2.78. The van der Waals surface area contributed by atoms with Crippen molar-refractivity contribution in [3.63, 3.8) is 0 Å².